The lowest BCUT2D eigenvalue weighted by Crippen LogP contribution is -2.39. The molecule has 0 amide bonds. The standard InChI is InChI=1S/C21H22N2O.C21H25NO/c24-21-20-11-5-4-9-18(20)12-14-23(21)19-10-6-13-22(16-19)15-17-7-2-1-3-8-17;1-17-8-5-6-12-20(17)21(23)14-19-11-7-13-22(16-19)15-18-9-3-2-4-10-18/h1-5,7-9,11-12,14,19H,6,10,13,15-16H2;2-6,8-10,12,19H,7,11,13-16H2,1H3/t2*19-/m10/s1. The van der Waals surface area contributed by atoms with E-state index >= 15 is 0 Å². The first-order valence-electron chi connectivity index (χ1n) is 17.2. The zero-order valence-electron chi connectivity index (χ0n) is 27.6. The van der Waals surface area contributed by atoms with Crippen molar-refractivity contribution in [2.24, 2.45) is 5.92 Å². The van der Waals surface area contributed by atoms with Crippen molar-refractivity contribution in [3.8, 4) is 0 Å². The fraction of sp³-hybridized carbons (Fsp3) is 0.333. The van der Waals surface area contributed by atoms with Crippen LogP contribution in [0.3, 0.4) is 0 Å². The van der Waals surface area contributed by atoms with Crippen LogP contribution in [-0.4, -0.2) is 46.3 Å². The third kappa shape index (κ3) is 8.73. The van der Waals surface area contributed by atoms with Gasteiger partial charge in [-0.3, -0.25) is 19.4 Å². The predicted molar refractivity (Wildman–Crippen MR) is 193 cm³/mol. The summed E-state index contributed by atoms with van der Waals surface area (Å²) in [5, 5.41) is 1.84. The van der Waals surface area contributed by atoms with Crippen LogP contribution < -0.4 is 5.56 Å². The number of likely N-dealkylation sites (tertiary alicyclic amines) is 2. The molecule has 7 rings (SSSR count). The second kappa shape index (κ2) is 16.0. The highest BCUT2D eigenvalue weighted by molar-refractivity contribution is 5.97. The molecule has 2 fully saturated rings. The summed E-state index contributed by atoms with van der Waals surface area (Å²) in [4.78, 5) is 30.4. The number of pyridine rings is 1. The number of nitrogens with zero attached hydrogens (tertiary/aromatic N) is 3. The number of benzene rings is 4. The summed E-state index contributed by atoms with van der Waals surface area (Å²) in [5.41, 5.74) is 4.82. The fourth-order valence-electron chi connectivity index (χ4n) is 7.30. The minimum atomic E-state index is 0.139. The van der Waals surface area contributed by atoms with Crippen LogP contribution >= 0.6 is 0 Å². The highest BCUT2D eigenvalue weighted by Gasteiger charge is 2.24. The Hall–Kier alpha value is -4.32. The molecule has 2 atom stereocenters. The van der Waals surface area contributed by atoms with Crippen molar-refractivity contribution in [3.63, 3.8) is 0 Å². The normalized spacial score (nSPS) is 18.7. The van der Waals surface area contributed by atoms with Crippen LogP contribution in [0, 0.1) is 12.8 Å². The molecule has 1 aromatic heterocycles. The van der Waals surface area contributed by atoms with Crippen molar-refractivity contribution in [1.29, 1.82) is 0 Å². The quantitative estimate of drug-likeness (QED) is 0.163. The topological polar surface area (TPSA) is 45.6 Å². The van der Waals surface area contributed by atoms with Gasteiger partial charge in [-0.1, -0.05) is 103 Å². The molecule has 0 bridgehead atoms. The van der Waals surface area contributed by atoms with Gasteiger partial charge in [-0.2, -0.15) is 0 Å². The van der Waals surface area contributed by atoms with Gasteiger partial charge in [0, 0.05) is 55.8 Å². The van der Waals surface area contributed by atoms with Gasteiger partial charge in [-0.15, -0.1) is 0 Å². The number of rotatable bonds is 8. The van der Waals surface area contributed by atoms with E-state index in [1.165, 1.54) is 24.0 Å². The van der Waals surface area contributed by atoms with E-state index in [2.05, 4.69) is 76.5 Å². The smallest absolute Gasteiger partial charge is 0.258 e. The minimum absolute atomic E-state index is 0.139. The minimum Gasteiger partial charge on any atom is -0.311 e. The van der Waals surface area contributed by atoms with Crippen LogP contribution in [0.5, 0.6) is 0 Å². The second-order valence-electron chi connectivity index (χ2n) is 13.3. The summed E-state index contributed by atoms with van der Waals surface area (Å²) in [6, 6.07) is 39.3. The second-order valence-corrected chi connectivity index (χ2v) is 13.3. The molecule has 242 valence electrons. The number of piperidine rings is 2. The summed E-state index contributed by atoms with van der Waals surface area (Å²) >= 11 is 0. The maximum atomic E-state index is 12.8. The molecule has 2 aliphatic heterocycles. The summed E-state index contributed by atoms with van der Waals surface area (Å²) in [6.07, 6.45) is 7.22. The molecule has 47 heavy (non-hydrogen) atoms. The first kappa shape index (κ1) is 32.6. The van der Waals surface area contributed by atoms with Gasteiger partial charge in [0.05, 0.1) is 0 Å². The Labute approximate surface area is 279 Å². The number of aryl methyl sites for hydroxylation is 1. The Kier molecular flexibility index (Phi) is 11.1. The summed E-state index contributed by atoms with van der Waals surface area (Å²) in [6.45, 7) is 8.20. The largest absolute Gasteiger partial charge is 0.311 e. The van der Waals surface area contributed by atoms with E-state index in [-0.39, 0.29) is 11.6 Å². The number of carbonyl (C=O) groups is 1. The lowest BCUT2D eigenvalue weighted by molar-refractivity contribution is 0.0912. The number of Topliss-reactive ketones (excluding diaryl/α,β-unsaturated/α-hetero) is 1. The Morgan fingerprint density at radius 3 is 1.98 bits per heavy atom. The van der Waals surface area contributed by atoms with Crippen LogP contribution in [0.25, 0.3) is 10.8 Å². The van der Waals surface area contributed by atoms with Crippen molar-refractivity contribution < 1.29 is 4.79 Å². The van der Waals surface area contributed by atoms with Crippen LogP contribution in [0.4, 0.5) is 0 Å². The van der Waals surface area contributed by atoms with Gasteiger partial charge in [0.2, 0.25) is 0 Å². The summed E-state index contributed by atoms with van der Waals surface area (Å²) in [5.74, 6) is 0.786. The van der Waals surface area contributed by atoms with Crippen LogP contribution in [0.15, 0.2) is 126 Å². The SMILES string of the molecule is Cc1ccccc1C(=O)C[C@@H]1CCCN(Cc2ccccc2)C1.O=c1c2ccccc2ccn1[C@@H]1CCCN(Cc2ccccc2)C1. The van der Waals surface area contributed by atoms with E-state index in [9.17, 15) is 9.59 Å². The van der Waals surface area contributed by atoms with Gasteiger partial charge in [0.25, 0.3) is 5.56 Å². The molecule has 0 unspecified atom stereocenters. The van der Waals surface area contributed by atoms with E-state index < -0.39 is 0 Å². The Bertz CT molecular complexity index is 1800. The Balaban J connectivity index is 0.000000165. The van der Waals surface area contributed by atoms with Crippen molar-refractivity contribution >= 4 is 16.6 Å². The summed E-state index contributed by atoms with van der Waals surface area (Å²) < 4.78 is 1.94. The zero-order chi connectivity index (χ0) is 32.4. The lowest BCUT2D eigenvalue weighted by atomic mass is 9.89. The third-order valence-electron chi connectivity index (χ3n) is 9.74. The fourth-order valence-corrected chi connectivity index (χ4v) is 7.30. The summed E-state index contributed by atoms with van der Waals surface area (Å²) in [7, 11) is 0. The van der Waals surface area contributed by atoms with Crippen molar-refractivity contribution in [2.45, 2.75) is 58.2 Å². The van der Waals surface area contributed by atoms with E-state index in [4.69, 9.17) is 0 Å². The molecule has 0 N–H and O–H groups in total. The van der Waals surface area contributed by atoms with Crippen LogP contribution in [-0.2, 0) is 13.1 Å². The Morgan fingerprint density at radius 1 is 0.681 bits per heavy atom. The lowest BCUT2D eigenvalue weighted by Gasteiger charge is -2.33. The van der Waals surface area contributed by atoms with Gasteiger partial charge in [0.15, 0.2) is 5.78 Å². The van der Waals surface area contributed by atoms with Gasteiger partial charge in [0.1, 0.15) is 0 Å². The highest BCUT2D eigenvalue weighted by Crippen LogP contribution is 2.25. The molecular formula is C42H47N3O2. The zero-order valence-corrected chi connectivity index (χ0v) is 27.6. The molecule has 4 aromatic carbocycles. The maximum Gasteiger partial charge on any atom is 0.258 e. The molecule has 3 heterocycles. The number of aromatic nitrogens is 1. The molecule has 2 saturated heterocycles. The van der Waals surface area contributed by atoms with Gasteiger partial charge < -0.3 is 4.57 Å². The van der Waals surface area contributed by atoms with E-state index in [1.54, 1.807) is 0 Å². The molecule has 5 heteroatoms. The van der Waals surface area contributed by atoms with Crippen molar-refractivity contribution in [3.05, 3.63) is 154 Å². The first-order chi connectivity index (χ1) is 23.0. The van der Waals surface area contributed by atoms with Crippen molar-refractivity contribution in [1.82, 2.24) is 14.4 Å². The average Bonchev–Trinajstić information content (AvgIpc) is 3.10. The molecule has 2 aliphatic rings. The predicted octanol–water partition coefficient (Wildman–Crippen LogP) is 8.32. The van der Waals surface area contributed by atoms with Crippen LogP contribution in [0.2, 0.25) is 0 Å². The highest BCUT2D eigenvalue weighted by atomic mass is 16.1. The van der Waals surface area contributed by atoms with Crippen molar-refractivity contribution in [2.75, 3.05) is 26.2 Å². The van der Waals surface area contributed by atoms with E-state index in [0.29, 0.717) is 18.1 Å². The number of fused-ring (bicyclic) bond motifs is 1. The molecule has 5 aromatic rings. The Morgan fingerprint density at radius 2 is 1.28 bits per heavy atom. The molecule has 5 nitrogen and oxygen atoms in total. The van der Waals surface area contributed by atoms with Gasteiger partial charge >= 0.3 is 0 Å². The number of hydrogen-bond acceptors (Lipinski definition) is 4. The van der Waals surface area contributed by atoms with E-state index in [1.807, 2.05) is 66.2 Å². The van der Waals surface area contributed by atoms with Crippen LogP contribution in [0.1, 0.15) is 65.2 Å². The van der Waals surface area contributed by atoms with E-state index in [0.717, 1.165) is 74.0 Å². The molecule has 0 radical (unpaired) electrons. The molecule has 0 aliphatic carbocycles. The third-order valence-corrected chi connectivity index (χ3v) is 9.74. The number of ketones is 1. The number of carbonyl (C=O) groups excluding carboxylic acids is 1. The maximum absolute atomic E-state index is 12.8. The molecule has 0 spiro atoms. The molecule has 0 saturated carbocycles. The monoisotopic (exact) mass is 625 g/mol. The van der Waals surface area contributed by atoms with Gasteiger partial charge in [-0.05, 0) is 85.8 Å². The first-order valence-corrected chi connectivity index (χ1v) is 17.2. The average molecular weight is 626 g/mol. The van der Waals surface area contributed by atoms with Gasteiger partial charge in [-0.25, -0.2) is 0 Å². The number of hydrogen-bond donors (Lipinski definition) is 0. The molecular weight excluding hydrogens is 578 g/mol.